The van der Waals surface area contributed by atoms with E-state index in [1.54, 1.807) is 43.7 Å². The van der Waals surface area contributed by atoms with Gasteiger partial charge in [-0.05, 0) is 77.3 Å². The van der Waals surface area contributed by atoms with Gasteiger partial charge < -0.3 is 23.7 Å². The van der Waals surface area contributed by atoms with E-state index in [1.807, 2.05) is 18.2 Å². The Kier molecular flexibility index (Phi) is 8.75. The number of furan rings is 1. The molecule has 0 spiro atoms. The summed E-state index contributed by atoms with van der Waals surface area (Å²) in [6.45, 7) is 4.94. The van der Waals surface area contributed by atoms with Gasteiger partial charge in [0, 0.05) is 0 Å². The molecule has 4 rings (SSSR count). The van der Waals surface area contributed by atoms with Gasteiger partial charge in [-0.15, -0.1) is 5.10 Å². The second kappa shape index (κ2) is 12.4. The first-order valence-electron chi connectivity index (χ1n) is 11.9. The Balaban J connectivity index is 1.60. The number of amidine groups is 1. The third kappa shape index (κ3) is 6.57. The first-order chi connectivity index (χ1) is 18.4. The summed E-state index contributed by atoms with van der Waals surface area (Å²) >= 11 is 1.22. The Morgan fingerprint density at radius 3 is 2.53 bits per heavy atom. The predicted molar refractivity (Wildman–Crippen MR) is 148 cm³/mol. The van der Waals surface area contributed by atoms with Gasteiger partial charge in [0.05, 0.1) is 44.8 Å². The third-order valence-corrected chi connectivity index (χ3v) is 6.39. The Labute approximate surface area is 225 Å². The van der Waals surface area contributed by atoms with Crippen LogP contribution in [0.3, 0.4) is 0 Å². The molecule has 0 unspecified atom stereocenters. The van der Waals surface area contributed by atoms with E-state index in [9.17, 15) is 9.90 Å². The largest absolute Gasteiger partial charge is 0.504 e. The predicted octanol–water partition coefficient (Wildman–Crippen LogP) is 5.54. The summed E-state index contributed by atoms with van der Waals surface area (Å²) in [5.74, 6) is 2.38. The summed E-state index contributed by atoms with van der Waals surface area (Å²) in [5, 5.41) is 18.7. The second-order valence-corrected chi connectivity index (χ2v) is 9.76. The maximum Gasteiger partial charge on any atom is 0.267 e. The molecular formula is C28H29N3O6S. The Morgan fingerprint density at radius 1 is 1.05 bits per heavy atom. The van der Waals surface area contributed by atoms with Crippen molar-refractivity contribution < 1.29 is 28.5 Å². The number of ether oxygens (including phenoxy) is 3. The van der Waals surface area contributed by atoms with Gasteiger partial charge >= 0.3 is 0 Å². The van der Waals surface area contributed by atoms with Crippen molar-refractivity contribution in [2.75, 3.05) is 20.8 Å². The third-order valence-electron chi connectivity index (χ3n) is 5.39. The highest BCUT2D eigenvalue weighted by Crippen LogP contribution is 2.36. The van der Waals surface area contributed by atoms with E-state index in [-0.39, 0.29) is 18.2 Å². The van der Waals surface area contributed by atoms with Gasteiger partial charge in [0.25, 0.3) is 5.91 Å². The summed E-state index contributed by atoms with van der Waals surface area (Å²) in [7, 11) is 3.06. The van der Waals surface area contributed by atoms with Crippen LogP contribution in [0, 0.1) is 5.92 Å². The van der Waals surface area contributed by atoms with Crippen LogP contribution in [0.25, 0.3) is 6.08 Å². The maximum atomic E-state index is 13.4. The highest BCUT2D eigenvalue weighted by atomic mass is 32.2. The van der Waals surface area contributed by atoms with Crippen molar-refractivity contribution in [3.05, 3.63) is 76.6 Å². The molecule has 38 heavy (non-hydrogen) atoms. The average molecular weight is 536 g/mol. The van der Waals surface area contributed by atoms with Crippen LogP contribution in [-0.4, -0.2) is 48.1 Å². The smallest absolute Gasteiger partial charge is 0.267 e. The lowest BCUT2D eigenvalue weighted by Gasteiger charge is -2.13. The fourth-order valence-electron chi connectivity index (χ4n) is 3.50. The van der Waals surface area contributed by atoms with Crippen LogP contribution in [0.5, 0.6) is 23.0 Å². The van der Waals surface area contributed by atoms with E-state index in [0.717, 1.165) is 5.56 Å². The lowest BCUT2D eigenvalue weighted by Crippen LogP contribution is -2.28. The summed E-state index contributed by atoms with van der Waals surface area (Å²) in [6.07, 6.45) is 4.86. The first-order valence-corrected chi connectivity index (χ1v) is 12.7. The number of methoxy groups -OCH3 is 2. The van der Waals surface area contributed by atoms with Crippen molar-refractivity contribution >= 4 is 35.1 Å². The number of rotatable bonds is 10. The number of carbonyl (C=O) groups is 1. The van der Waals surface area contributed by atoms with E-state index in [1.165, 1.54) is 36.1 Å². The number of nitrogens with zero attached hydrogens (tertiary/aromatic N) is 3. The number of thioether (sulfide) groups is 1. The molecule has 1 saturated heterocycles. The zero-order valence-corrected chi connectivity index (χ0v) is 22.4. The number of phenols is 1. The number of aromatic hydroxyl groups is 1. The Bertz CT molecular complexity index is 1360. The standard InChI is InChI=1S/C28H29N3O6S/c1-18(2)17-37-23-10-8-19(12-25(23)35-4)14-26-27(33)31(16-21-6-5-11-36-21)28(38-26)30-29-15-20-7-9-22(32)24(13-20)34-3/h5-15,18,32H,16-17H2,1-4H3/b26-14-,29-15-,30-28+. The molecule has 2 aromatic carbocycles. The molecule has 198 valence electrons. The average Bonchev–Trinajstić information content (AvgIpc) is 3.53. The molecule has 10 heteroatoms. The molecule has 0 atom stereocenters. The topological polar surface area (TPSA) is 106 Å². The van der Waals surface area contributed by atoms with Crippen molar-refractivity contribution in [1.82, 2.24) is 4.90 Å². The molecule has 3 aromatic rings. The molecule has 2 heterocycles. The fraction of sp³-hybridized carbons (Fsp3) is 0.250. The Morgan fingerprint density at radius 2 is 1.82 bits per heavy atom. The van der Waals surface area contributed by atoms with E-state index in [4.69, 9.17) is 18.6 Å². The van der Waals surface area contributed by atoms with Crippen molar-refractivity contribution in [3.8, 4) is 23.0 Å². The zero-order chi connectivity index (χ0) is 27.1. The van der Waals surface area contributed by atoms with Crippen molar-refractivity contribution in [2.24, 2.45) is 16.1 Å². The number of amides is 1. The lowest BCUT2D eigenvalue weighted by atomic mass is 10.1. The molecule has 1 aliphatic rings. The van der Waals surface area contributed by atoms with Crippen LogP contribution in [0.1, 0.15) is 30.7 Å². The quantitative estimate of drug-likeness (QED) is 0.206. The summed E-state index contributed by atoms with van der Waals surface area (Å²) < 4.78 is 21.9. The van der Waals surface area contributed by atoms with Gasteiger partial charge in [-0.1, -0.05) is 19.9 Å². The molecule has 0 radical (unpaired) electrons. The van der Waals surface area contributed by atoms with Crippen LogP contribution in [0.4, 0.5) is 0 Å². The molecule has 1 amide bonds. The molecule has 1 N–H and O–H groups in total. The maximum absolute atomic E-state index is 13.4. The van der Waals surface area contributed by atoms with Crippen molar-refractivity contribution in [3.63, 3.8) is 0 Å². The van der Waals surface area contributed by atoms with E-state index < -0.39 is 0 Å². The van der Waals surface area contributed by atoms with Crippen LogP contribution in [0.15, 0.2) is 74.3 Å². The van der Waals surface area contributed by atoms with E-state index in [0.29, 0.717) is 51.2 Å². The zero-order valence-electron chi connectivity index (χ0n) is 21.6. The summed E-state index contributed by atoms with van der Waals surface area (Å²) in [4.78, 5) is 15.4. The minimum atomic E-state index is -0.217. The van der Waals surface area contributed by atoms with Gasteiger partial charge in [0.1, 0.15) is 5.76 Å². The highest BCUT2D eigenvalue weighted by molar-refractivity contribution is 8.18. The van der Waals surface area contributed by atoms with E-state index in [2.05, 4.69) is 24.1 Å². The normalized spacial score (nSPS) is 15.8. The highest BCUT2D eigenvalue weighted by Gasteiger charge is 2.34. The molecule has 0 saturated carbocycles. The lowest BCUT2D eigenvalue weighted by molar-refractivity contribution is -0.122. The fourth-order valence-corrected chi connectivity index (χ4v) is 4.44. The van der Waals surface area contributed by atoms with Gasteiger partial charge in [-0.2, -0.15) is 5.10 Å². The first kappa shape index (κ1) is 26.9. The number of benzene rings is 2. The second-order valence-electron chi connectivity index (χ2n) is 8.75. The number of hydrogen-bond acceptors (Lipinski definition) is 9. The molecule has 1 fully saturated rings. The molecule has 9 nitrogen and oxygen atoms in total. The molecular weight excluding hydrogens is 506 g/mol. The minimum Gasteiger partial charge on any atom is -0.504 e. The number of phenolic OH excluding ortho intramolecular Hbond substituents is 1. The number of hydrogen-bond donors (Lipinski definition) is 1. The summed E-state index contributed by atoms with van der Waals surface area (Å²) in [5.41, 5.74) is 1.46. The van der Waals surface area contributed by atoms with Crippen LogP contribution < -0.4 is 14.2 Å². The van der Waals surface area contributed by atoms with Gasteiger partial charge in [-0.3, -0.25) is 9.69 Å². The molecule has 1 aromatic heterocycles. The van der Waals surface area contributed by atoms with Crippen LogP contribution in [0.2, 0.25) is 0 Å². The molecule has 0 bridgehead atoms. The monoisotopic (exact) mass is 535 g/mol. The van der Waals surface area contributed by atoms with Crippen molar-refractivity contribution in [1.29, 1.82) is 0 Å². The molecule has 1 aliphatic heterocycles. The minimum absolute atomic E-state index is 0.0310. The Hall–Kier alpha value is -4.18. The van der Waals surface area contributed by atoms with E-state index >= 15 is 0 Å². The van der Waals surface area contributed by atoms with Gasteiger partial charge in [0.2, 0.25) is 0 Å². The van der Waals surface area contributed by atoms with Gasteiger partial charge in [0.15, 0.2) is 28.2 Å². The van der Waals surface area contributed by atoms with Crippen LogP contribution in [-0.2, 0) is 11.3 Å². The number of carbonyl (C=O) groups excluding carboxylic acids is 1. The van der Waals surface area contributed by atoms with Crippen molar-refractivity contribution in [2.45, 2.75) is 20.4 Å². The van der Waals surface area contributed by atoms with Gasteiger partial charge in [-0.25, -0.2) is 0 Å². The van der Waals surface area contributed by atoms with Crippen LogP contribution >= 0.6 is 11.8 Å². The summed E-state index contributed by atoms with van der Waals surface area (Å²) in [6, 6.07) is 13.9. The SMILES string of the molecule is COc1cc(/C=N\N=C2\S/C(=C\c3ccc(OCC(C)C)c(OC)c3)C(=O)N2Cc2ccco2)ccc1O. The molecule has 0 aliphatic carbocycles.